The third kappa shape index (κ3) is 17.5. The van der Waals surface area contributed by atoms with E-state index in [0.717, 1.165) is 5.56 Å². The molecule has 0 aliphatic heterocycles. The van der Waals surface area contributed by atoms with Crippen molar-refractivity contribution in [3.63, 3.8) is 0 Å². The Kier molecular flexibility index (Phi) is 17.9. The number of nitrogens with two attached hydrogens (primary N) is 1. The second-order valence-electron chi connectivity index (χ2n) is 7.62. The number of ether oxygens (including phenoxy) is 4. The van der Waals surface area contributed by atoms with Gasteiger partial charge in [-0.15, -0.1) is 0 Å². The third-order valence-corrected chi connectivity index (χ3v) is 4.64. The number of hydrogen-bond acceptors (Lipinski definition) is 9. The first kappa shape index (κ1) is 32.1. The first-order chi connectivity index (χ1) is 18.4. The lowest BCUT2D eigenvalue weighted by Gasteiger charge is -2.18. The van der Waals surface area contributed by atoms with Gasteiger partial charge in [0, 0.05) is 24.4 Å². The van der Waals surface area contributed by atoms with Gasteiger partial charge in [0.1, 0.15) is 12.6 Å². The summed E-state index contributed by atoms with van der Waals surface area (Å²) in [5, 5.41) is 10.7. The minimum Gasteiger partial charge on any atom is -0.445 e. The number of carbonyl (C=O) groups is 4. The summed E-state index contributed by atoms with van der Waals surface area (Å²) < 4.78 is 20.9. The maximum Gasteiger partial charge on any atom is 0.408 e. The van der Waals surface area contributed by atoms with Gasteiger partial charge in [-0.1, -0.05) is 35.4 Å². The number of nitrogens with zero attached hydrogens (tertiary/aromatic N) is 3. The average molecular weight is 538 g/mol. The number of hydrogen-bond donors (Lipinski definition) is 4. The Hall–Kier alpha value is -3.91. The molecule has 0 bridgehead atoms. The van der Waals surface area contributed by atoms with Gasteiger partial charge in [0.05, 0.1) is 46.2 Å². The summed E-state index contributed by atoms with van der Waals surface area (Å²) in [6, 6.07) is 7.85. The molecule has 0 spiro atoms. The third-order valence-electron chi connectivity index (χ3n) is 4.64. The summed E-state index contributed by atoms with van der Waals surface area (Å²) in [5.74, 6) is -1.76. The van der Waals surface area contributed by atoms with Crippen molar-refractivity contribution in [1.29, 1.82) is 0 Å². The van der Waals surface area contributed by atoms with Crippen LogP contribution in [0.3, 0.4) is 0 Å². The molecular weight excluding hydrogens is 502 g/mol. The van der Waals surface area contributed by atoms with Crippen molar-refractivity contribution >= 4 is 23.8 Å². The van der Waals surface area contributed by atoms with E-state index in [4.69, 9.17) is 30.2 Å². The fourth-order valence-corrected chi connectivity index (χ4v) is 2.77. The summed E-state index contributed by atoms with van der Waals surface area (Å²) in [6.07, 6.45) is -1.04. The SMILES string of the molecule is [N-]=[N+]=NCCOCCOCCOCCNC(=O)CNC(=O)[C@H](CCC(N)=O)NC(=O)OCc1ccccc1. The highest BCUT2D eigenvalue weighted by molar-refractivity contribution is 5.89. The van der Waals surface area contributed by atoms with Crippen molar-refractivity contribution in [1.82, 2.24) is 16.0 Å². The zero-order valence-electron chi connectivity index (χ0n) is 21.1. The monoisotopic (exact) mass is 537 g/mol. The van der Waals surface area contributed by atoms with E-state index < -0.39 is 29.9 Å². The zero-order chi connectivity index (χ0) is 27.8. The lowest BCUT2D eigenvalue weighted by Crippen LogP contribution is -2.49. The van der Waals surface area contributed by atoms with Crippen molar-refractivity contribution in [3.8, 4) is 0 Å². The molecule has 0 heterocycles. The Morgan fingerprint density at radius 2 is 1.61 bits per heavy atom. The molecular formula is C23H35N7O8. The smallest absolute Gasteiger partial charge is 0.408 e. The van der Waals surface area contributed by atoms with Crippen molar-refractivity contribution in [2.75, 3.05) is 59.3 Å². The van der Waals surface area contributed by atoms with E-state index in [0.29, 0.717) is 33.0 Å². The van der Waals surface area contributed by atoms with E-state index in [2.05, 4.69) is 26.0 Å². The van der Waals surface area contributed by atoms with Gasteiger partial charge in [-0.2, -0.15) is 0 Å². The fourth-order valence-electron chi connectivity index (χ4n) is 2.77. The van der Waals surface area contributed by atoms with Crippen LogP contribution < -0.4 is 21.7 Å². The topological polar surface area (TPSA) is 216 Å². The van der Waals surface area contributed by atoms with Crippen LogP contribution in [0.1, 0.15) is 18.4 Å². The largest absolute Gasteiger partial charge is 0.445 e. The highest BCUT2D eigenvalue weighted by Crippen LogP contribution is 2.03. The molecule has 1 aromatic carbocycles. The summed E-state index contributed by atoms with van der Waals surface area (Å²) in [6.45, 7) is 2.12. The maximum absolute atomic E-state index is 12.5. The van der Waals surface area contributed by atoms with Crippen LogP contribution in [0.4, 0.5) is 4.79 Å². The van der Waals surface area contributed by atoms with E-state index in [-0.39, 0.29) is 45.7 Å². The predicted molar refractivity (Wildman–Crippen MR) is 134 cm³/mol. The highest BCUT2D eigenvalue weighted by Gasteiger charge is 2.22. The number of benzene rings is 1. The molecule has 0 fully saturated rings. The van der Waals surface area contributed by atoms with Crippen molar-refractivity contribution in [2.45, 2.75) is 25.5 Å². The summed E-state index contributed by atoms with van der Waals surface area (Å²) in [5.41, 5.74) is 14.0. The molecule has 0 aromatic heterocycles. The molecule has 210 valence electrons. The van der Waals surface area contributed by atoms with Gasteiger partial charge in [-0.3, -0.25) is 14.4 Å². The second-order valence-corrected chi connectivity index (χ2v) is 7.62. The quantitative estimate of drug-likeness (QED) is 0.0730. The molecule has 15 heteroatoms. The molecule has 0 aliphatic rings. The zero-order valence-corrected chi connectivity index (χ0v) is 21.1. The normalized spacial score (nSPS) is 11.1. The average Bonchev–Trinajstić information content (AvgIpc) is 2.91. The first-order valence-electron chi connectivity index (χ1n) is 12.0. The van der Waals surface area contributed by atoms with E-state index in [9.17, 15) is 19.2 Å². The van der Waals surface area contributed by atoms with E-state index in [1.54, 1.807) is 24.3 Å². The maximum atomic E-state index is 12.5. The van der Waals surface area contributed by atoms with E-state index in [1.807, 2.05) is 6.07 Å². The van der Waals surface area contributed by atoms with Crippen LogP contribution in [-0.4, -0.2) is 89.1 Å². The minimum atomic E-state index is -1.11. The molecule has 5 N–H and O–H groups in total. The molecule has 15 nitrogen and oxygen atoms in total. The molecule has 38 heavy (non-hydrogen) atoms. The van der Waals surface area contributed by atoms with Crippen molar-refractivity contribution in [3.05, 3.63) is 46.3 Å². The molecule has 0 unspecified atom stereocenters. The molecule has 4 amide bonds. The van der Waals surface area contributed by atoms with Crippen molar-refractivity contribution in [2.24, 2.45) is 10.8 Å². The fraction of sp³-hybridized carbons (Fsp3) is 0.565. The number of alkyl carbamates (subject to hydrolysis) is 1. The lowest BCUT2D eigenvalue weighted by atomic mass is 10.1. The molecule has 0 saturated carbocycles. The molecule has 0 radical (unpaired) electrons. The standard InChI is InChI=1S/C23H35N7O8/c24-20(31)7-6-19(29-23(34)38-17-18-4-2-1-3-5-18)22(33)27-16-21(32)26-8-10-35-12-14-37-15-13-36-11-9-28-30-25/h1-5,19H,6-17H2,(H2,24,31)(H,26,32)(H,27,33)(H,29,34)/t19-/m0/s1. The van der Waals surface area contributed by atoms with Gasteiger partial charge in [-0.25, -0.2) is 4.79 Å². The van der Waals surface area contributed by atoms with E-state index in [1.165, 1.54) is 0 Å². The number of primary amides is 1. The number of nitrogens with one attached hydrogen (secondary N) is 3. The number of amides is 4. The Morgan fingerprint density at radius 3 is 2.26 bits per heavy atom. The molecule has 0 aliphatic carbocycles. The van der Waals surface area contributed by atoms with Gasteiger partial charge in [0.2, 0.25) is 17.7 Å². The van der Waals surface area contributed by atoms with Gasteiger partial charge < -0.3 is 40.6 Å². The minimum absolute atomic E-state index is 0.00198. The van der Waals surface area contributed by atoms with Gasteiger partial charge >= 0.3 is 6.09 Å². The van der Waals surface area contributed by atoms with Crippen LogP contribution in [0.25, 0.3) is 10.4 Å². The summed E-state index contributed by atoms with van der Waals surface area (Å²) >= 11 is 0. The van der Waals surface area contributed by atoms with Crippen LogP contribution >= 0.6 is 0 Å². The van der Waals surface area contributed by atoms with Crippen LogP contribution in [0.5, 0.6) is 0 Å². The number of carbonyl (C=O) groups excluding carboxylic acids is 4. The Labute approximate surface area is 220 Å². The van der Waals surface area contributed by atoms with Crippen LogP contribution in [-0.2, 0) is 39.9 Å². The van der Waals surface area contributed by atoms with Gasteiger partial charge in [0.15, 0.2) is 0 Å². The second kappa shape index (κ2) is 21.2. The van der Waals surface area contributed by atoms with Gasteiger partial charge in [0.25, 0.3) is 0 Å². The van der Waals surface area contributed by atoms with Crippen LogP contribution in [0, 0.1) is 0 Å². The van der Waals surface area contributed by atoms with Crippen LogP contribution in [0.2, 0.25) is 0 Å². The molecule has 0 saturated heterocycles. The highest BCUT2D eigenvalue weighted by atomic mass is 16.6. The molecule has 1 aromatic rings. The Morgan fingerprint density at radius 1 is 0.947 bits per heavy atom. The summed E-state index contributed by atoms with van der Waals surface area (Å²) in [7, 11) is 0. The number of rotatable bonds is 21. The van der Waals surface area contributed by atoms with Crippen molar-refractivity contribution < 1.29 is 38.1 Å². The summed E-state index contributed by atoms with van der Waals surface area (Å²) in [4.78, 5) is 50.3. The van der Waals surface area contributed by atoms with Crippen LogP contribution in [0.15, 0.2) is 35.4 Å². The molecule has 1 atom stereocenters. The lowest BCUT2D eigenvalue weighted by molar-refractivity contribution is -0.127. The predicted octanol–water partition coefficient (Wildman–Crippen LogP) is 0.139. The first-order valence-corrected chi connectivity index (χ1v) is 12.0. The Balaban J connectivity index is 2.19. The molecule has 1 rings (SSSR count). The Bertz CT molecular complexity index is 897. The number of azide groups is 1. The van der Waals surface area contributed by atoms with E-state index >= 15 is 0 Å². The van der Waals surface area contributed by atoms with Gasteiger partial charge in [-0.05, 0) is 17.5 Å².